The summed E-state index contributed by atoms with van der Waals surface area (Å²) in [6.07, 6.45) is 6.56. The summed E-state index contributed by atoms with van der Waals surface area (Å²) in [5, 5.41) is 8.98. The quantitative estimate of drug-likeness (QED) is 0.164. The molecule has 0 atom stereocenters. The zero-order valence-corrected chi connectivity index (χ0v) is 32.1. The smallest absolute Gasteiger partial charge is 0.164 e. The van der Waals surface area contributed by atoms with E-state index < -0.39 is 0 Å². The number of allylic oxidation sites excluding steroid dienone is 1. The van der Waals surface area contributed by atoms with E-state index in [1.54, 1.807) is 0 Å². The molecule has 0 unspecified atom stereocenters. The topological polar surface area (TPSA) is 51.8 Å². The Morgan fingerprint density at radius 1 is 0.390 bits per heavy atom. The summed E-state index contributed by atoms with van der Waals surface area (Å²) in [5.74, 6) is 1.86. The van der Waals surface area contributed by atoms with Gasteiger partial charge in [0.05, 0.1) is 0 Å². The van der Waals surface area contributed by atoms with Gasteiger partial charge in [-0.05, 0) is 109 Å². The lowest BCUT2D eigenvalue weighted by molar-refractivity contribution is 0.669. The second kappa shape index (κ2) is 13.5. The molecule has 9 aromatic carbocycles. The van der Waals surface area contributed by atoms with Crippen LogP contribution in [0.4, 0.5) is 0 Å². The number of nitrogens with zero attached hydrogens (tertiary/aromatic N) is 3. The second-order valence-corrected chi connectivity index (χ2v) is 15.4. The molecule has 1 aliphatic carbocycles. The SMILES string of the molecule is C1=Cc2cc(-c3nc(-c4cc5ccccc5c5ccccc45)nc(-c4cc(-c5ccc(-c6ccccc6)cc5)cc5oc6ccccc6c45)n3)c3ccccc3c2CC1. The van der Waals surface area contributed by atoms with E-state index in [-0.39, 0.29) is 0 Å². The number of hydrogen-bond donors (Lipinski definition) is 0. The van der Waals surface area contributed by atoms with Crippen molar-refractivity contribution in [3.63, 3.8) is 0 Å². The number of furan rings is 1. The van der Waals surface area contributed by atoms with Crippen LogP contribution < -0.4 is 0 Å². The third kappa shape index (κ3) is 5.56. The van der Waals surface area contributed by atoms with Gasteiger partial charge >= 0.3 is 0 Å². The molecule has 4 heteroatoms. The van der Waals surface area contributed by atoms with Crippen molar-refractivity contribution in [1.82, 2.24) is 15.0 Å². The number of rotatable bonds is 5. The molecule has 0 spiro atoms. The van der Waals surface area contributed by atoms with Gasteiger partial charge in [0.1, 0.15) is 11.2 Å². The average Bonchev–Trinajstić information content (AvgIpc) is 3.69. The van der Waals surface area contributed by atoms with Gasteiger partial charge in [-0.1, -0.05) is 158 Å². The zero-order valence-electron chi connectivity index (χ0n) is 32.1. The van der Waals surface area contributed by atoms with Gasteiger partial charge in [-0.2, -0.15) is 0 Å². The average molecular weight is 754 g/mol. The zero-order chi connectivity index (χ0) is 38.9. The minimum absolute atomic E-state index is 0.596. The van der Waals surface area contributed by atoms with Crippen molar-refractivity contribution in [3.8, 4) is 56.4 Å². The Morgan fingerprint density at radius 3 is 1.71 bits per heavy atom. The van der Waals surface area contributed by atoms with Gasteiger partial charge in [0.15, 0.2) is 17.5 Å². The lowest BCUT2D eigenvalue weighted by Gasteiger charge is -2.18. The van der Waals surface area contributed by atoms with Crippen LogP contribution in [-0.2, 0) is 6.42 Å². The molecule has 4 nitrogen and oxygen atoms in total. The van der Waals surface area contributed by atoms with Crippen LogP contribution in [0.3, 0.4) is 0 Å². The Balaban J connectivity index is 1.16. The molecule has 0 saturated carbocycles. The van der Waals surface area contributed by atoms with Gasteiger partial charge in [0, 0.05) is 27.5 Å². The second-order valence-electron chi connectivity index (χ2n) is 15.4. The Morgan fingerprint density at radius 2 is 0.949 bits per heavy atom. The summed E-state index contributed by atoms with van der Waals surface area (Å²) in [7, 11) is 0. The molecule has 1 aliphatic rings. The molecule has 0 bridgehead atoms. The molecule has 2 aromatic heterocycles. The third-order valence-electron chi connectivity index (χ3n) is 12.0. The summed E-state index contributed by atoms with van der Waals surface area (Å²) >= 11 is 0. The summed E-state index contributed by atoms with van der Waals surface area (Å²) in [6, 6.07) is 62.2. The molecule has 11 aromatic rings. The highest BCUT2D eigenvalue weighted by Gasteiger charge is 2.23. The largest absolute Gasteiger partial charge is 0.456 e. The maximum absolute atomic E-state index is 6.65. The van der Waals surface area contributed by atoms with E-state index in [0.29, 0.717) is 17.5 Å². The minimum Gasteiger partial charge on any atom is -0.456 e. The van der Waals surface area contributed by atoms with Crippen molar-refractivity contribution >= 4 is 60.3 Å². The molecule has 0 amide bonds. The highest BCUT2D eigenvalue weighted by molar-refractivity contribution is 6.15. The first-order chi connectivity index (χ1) is 29.2. The Kier molecular flexibility index (Phi) is 7.63. The van der Waals surface area contributed by atoms with E-state index in [0.717, 1.165) is 84.1 Å². The van der Waals surface area contributed by atoms with Gasteiger partial charge in [-0.25, -0.2) is 15.0 Å². The van der Waals surface area contributed by atoms with E-state index in [4.69, 9.17) is 19.4 Å². The van der Waals surface area contributed by atoms with Crippen molar-refractivity contribution in [1.29, 1.82) is 0 Å². The number of aromatic nitrogens is 3. The van der Waals surface area contributed by atoms with Gasteiger partial charge in [-0.15, -0.1) is 0 Å². The predicted octanol–water partition coefficient (Wildman–Crippen LogP) is 14.5. The fourth-order valence-corrected chi connectivity index (χ4v) is 9.17. The van der Waals surface area contributed by atoms with E-state index in [2.05, 4.69) is 170 Å². The van der Waals surface area contributed by atoms with E-state index >= 15 is 0 Å². The molecule has 0 N–H and O–H groups in total. The monoisotopic (exact) mass is 753 g/mol. The van der Waals surface area contributed by atoms with Crippen LogP contribution in [0.2, 0.25) is 0 Å². The lowest BCUT2D eigenvalue weighted by atomic mass is 9.89. The van der Waals surface area contributed by atoms with E-state index in [1.807, 2.05) is 18.2 Å². The normalized spacial score (nSPS) is 12.5. The number of fused-ring (bicyclic) bond motifs is 9. The van der Waals surface area contributed by atoms with Crippen LogP contribution in [0, 0.1) is 0 Å². The van der Waals surface area contributed by atoms with Crippen molar-refractivity contribution in [2.75, 3.05) is 0 Å². The van der Waals surface area contributed by atoms with E-state index in [1.165, 1.54) is 33.0 Å². The van der Waals surface area contributed by atoms with Crippen LogP contribution in [0.1, 0.15) is 17.5 Å². The summed E-state index contributed by atoms with van der Waals surface area (Å²) < 4.78 is 6.65. The third-order valence-corrected chi connectivity index (χ3v) is 12.0. The molecular weight excluding hydrogens is 719 g/mol. The van der Waals surface area contributed by atoms with Gasteiger partial charge < -0.3 is 4.42 Å². The highest BCUT2D eigenvalue weighted by Crippen LogP contribution is 2.42. The first-order valence-corrected chi connectivity index (χ1v) is 20.2. The first kappa shape index (κ1) is 33.4. The molecular formula is C55H35N3O. The fourth-order valence-electron chi connectivity index (χ4n) is 9.17. The molecule has 0 fully saturated rings. The van der Waals surface area contributed by atoms with Gasteiger partial charge in [0.2, 0.25) is 0 Å². The molecule has 0 radical (unpaired) electrons. The molecule has 2 heterocycles. The Hall–Kier alpha value is -7.69. The summed E-state index contributed by atoms with van der Waals surface area (Å²) in [6.45, 7) is 0. The molecule has 276 valence electrons. The van der Waals surface area contributed by atoms with Crippen LogP contribution in [-0.4, -0.2) is 15.0 Å². The number of aryl methyl sites for hydroxylation is 1. The summed E-state index contributed by atoms with van der Waals surface area (Å²) in [5.41, 5.74) is 11.5. The van der Waals surface area contributed by atoms with Gasteiger partial charge in [0.25, 0.3) is 0 Å². The van der Waals surface area contributed by atoms with Gasteiger partial charge in [-0.3, -0.25) is 0 Å². The number of hydrogen-bond acceptors (Lipinski definition) is 4. The maximum Gasteiger partial charge on any atom is 0.164 e. The Bertz CT molecular complexity index is 3490. The molecule has 12 rings (SSSR count). The highest BCUT2D eigenvalue weighted by atomic mass is 16.3. The van der Waals surface area contributed by atoms with Crippen molar-refractivity contribution in [2.24, 2.45) is 0 Å². The van der Waals surface area contributed by atoms with Crippen molar-refractivity contribution in [3.05, 3.63) is 193 Å². The maximum atomic E-state index is 6.65. The number of para-hydroxylation sites is 1. The number of benzene rings is 9. The van der Waals surface area contributed by atoms with Crippen LogP contribution in [0.15, 0.2) is 186 Å². The molecule has 0 aliphatic heterocycles. The van der Waals surface area contributed by atoms with Crippen molar-refractivity contribution in [2.45, 2.75) is 12.8 Å². The molecule has 59 heavy (non-hydrogen) atoms. The fraction of sp³-hybridized carbons (Fsp3) is 0.0364. The van der Waals surface area contributed by atoms with E-state index in [9.17, 15) is 0 Å². The standard InChI is InChI=1S/C55H35N3O/c1-2-14-34(15-3-1)35-26-28-36(29-27-35)39-32-49(52-46-24-12-13-25-50(46)59-51(52)33-39)55-57-53(47-30-37-16-4-6-18-40(37)42-20-8-10-22-44(42)47)56-54(58-55)48-31-38-17-5-7-19-41(38)43-21-9-11-23-45(43)48/h1-6,8-18,20-33H,7,19H2. The van der Waals surface area contributed by atoms with Crippen LogP contribution in [0.25, 0.3) is 117 Å². The van der Waals surface area contributed by atoms with Crippen LogP contribution >= 0.6 is 0 Å². The summed E-state index contributed by atoms with van der Waals surface area (Å²) in [4.78, 5) is 16.4. The van der Waals surface area contributed by atoms with Crippen LogP contribution in [0.5, 0.6) is 0 Å². The first-order valence-electron chi connectivity index (χ1n) is 20.2. The minimum atomic E-state index is 0.596. The lowest BCUT2D eigenvalue weighted by Crippen LogP contribution is -2.03. The Labute approximate surface area is 340 Å². The molecule has 0 saturated heterocycles. The van der Waals surface area contributed by atoms with Crippen molar-refractivity contribution < 1.29 is 4.42 Å². The predicted molar refractivity (Wildman–Crippen MR) is 244 cm³/mol.